The molecule has 0 fully saturated rings. The lowest BCUT2D eigenvalue weighted by Gasteiger charge is -2.22. The van der Waals surface area contributed by atoms with Gasteiger partial charge in [0.25, 0.3) is 0 Å². The molecule has 1 aliphatic heterocycles. The number of aromatic amines is 1. The lowest BCUT2D eigenvalue weighted by Crippen LogP contribution is -2.13. The topological polar surface area (TPSA) is 60.1 Å². The van der Waals surface area contributed by atoms with Crippen LogP contribution >= 0.6 is 0 Å². The second kappa shape index (κ2) is 5.59. The van der Waals surface area contributed by atoms with Gasteiger partial charge in [0.05, 0.1) is 28.7 Å². The lowest BCUT2D eigenvalue weighted by atomic mass is 9.86. The fourth-order valence-electron chi connectivity index (χ4n) is 3.34. The minimum atomic E-state index is -0.133. The van der Waals surface area contributed by atoms with Crippen molar-refractivity contribution < 1.29 is 5.11 Å². The third-order valence-electron chi connectivity index (χ3n) is 4.79. The molecule has 2 heterocycles. The first-order chi connectivity index (χ1) is 11.9. The third kappa shape index (κ3) is 2.74. The number of H-pyrrole nitrogens is 1. The van der Waals surface area contributed by atoms with Gasteiger partial charge in [0.15, 0.2) is 5.88 Å². The first kappa shape index (κ1) is 15.6. The molecule has 0 saturated heterocycles. The van der Waals surface area contributed by atoms with Crippen molar-refractivity contribution in [1.29, 1.82) is 0 Å². The van der Waals surface area contributed by atoms with E-state index in [4.69, 9.17) is 0 Å². The molecule has 4 nitrogen and oxygen atoms in total. The van der Waals surface area contributed by atoms with Gasteiger partial charge in [-0.2, -0.15) is 0 Å². The smallest absolute Gasteiger partial charge is 0.196 e. The van der Waals surface area contributed by atoms with E-state index in [1.54, 1.807) is 0 Å². The summed E-state index contributed by atoms with van der Waals surface area (Å²) in [5.41, 5.74) is 6.26. The monoisotopic (exact) mass is 333 g/mol. The number of nitrogens with one attached hydrogen (secondary N) is 3. The zero-order chi connectivity index (χ0) is 17.6. The summed E-state index contributed by atoms with van der Waals surface area (Å²) >= 11 is 0. The van der Waals surface area contributed by atoms with Crippen LogP contribution in [0.15, 0.2) is 54.7 Å². The Morgan fingerprint density at radius 3 is 2.24 bits per heavy atom. The van der Waals surface area contributed by atoms with Gasteiger partial charge in [-0.1, -0.05) is 57.2 Å². The van der Waals surface area contributed by atoms with E-state index >= 15 is 0 Å². The van der Waals surface area contributed by atoms with Gasteiger partial charge in [-0.25, -0.2) is 0 Å². The molecule has 1 aromatic heterocycles. The fraction of sp³-hybridized carbons (Fsp3) is 0.238. The van der Waals surface area contributed by atoms with Crippen molar-refractivity contribution in [1.82, 2.24) is 4.98 Å². The number of para-hydroxylation sites is 2. The van der Waals surface area contributed by atoms with E-state index in [-0.39, 0.29) is 17.3 Å². The number of aromatic nitrogens is 1. The molecule has 4 heteroatoms. The Kier molecular flexibility index (Phi) is 3.49. The van der Waals surface area contributed by atoms with Gasteiger partial charge in [0, 0.05) is 6.20 Å². The van der Waals surface area contributed by atoms with Gasteiger partial charge < -0.3 is 20.7 Å². The Morgan fingerprint density at radius 2 is 1.56 bits per heavy atom. The number of hydrogen-bond donors (Lipinski definition) is 4. The number of anilines is 3. The van der Waals surface area contributed by atoms with Gasteiger partial charge in [-0.05, 0) is 28.7 Å². The SMILES string of the molecule is CC(C)(C)c1ccc(C2Nc3ccccc3Nc3c[nH]c(O)c32)cc1. The van der Waals surface area contributed by atoms with Gasteiger partial charge in [0.1, 0.15) is 0 Å². The maximum atomic E-state index is 10.4. The van der Waals surface area contributed by atoms with E-state index in [0.29, 0.717) is 0 Å². The molecular weight excluding hydrogens is 310 g/mol. The average Bonchev–Trinajstić information content (AvgIpc) is 2.85. The van der Waals surface area contributed by atoms with Crippen LogP contribution in [0.1, 0.15) is 43.5 Å². The molecule has 1 unspecified atom stereocenters. The van der Waals surface area contributed by atoms with Crippen molar-refractivity contribution in [2.24, 2.45) is 0 Å². The Bertz CT molecular complexity index is 904. The quantitative estimate of drug-likeness (QED) is 0.490. The predicted molar refractivity (Wildman–Crippen MR) is 103 cm³/mol. The molecule has 0 spiro atoms. The highest BCUT2D eigenvalue weighted by atomic mass is 16.3. The Balaban J connectivity index is 1.81. The maximum Gasteiger partial charge on any atom is 0.196 e. The molecule has 25 heavy (non-hydrogen) atoms. The molecule has 0 aliphatic carbocycles. The minimum Gasteiger partial charge on any atom is -0.494 e. The second-order valence-electron chi connectivity index (χ2n) is 7.58. The third-order valence-corrected chi connectivity index (χ3v) is 4.79. The molecule has 4 N–H and O–H groups in total. The van der Waals surface area contributed by atoms with Crippen LogP contribution in [0.25, 0.3) is 0 Å². The van der Waals surface area contributed by atoms with E-state index in [1.807, 2.05) is 30.5 Å². The fourth-order valence-corrected chi connectivity index (χ4v) is 3.34. The number of rotatable bonds is 1. The van der Waals surface area contributed by atoms with Crippen LogP contribution in [-0.4, -0.2) is 10.1 Å². The number of aromatic hydroxyl groups is 1. The molecule has 4 rings (SSSR count). The van der Waals surface area contributed by atoms with Crippen LogP contribution in [0.5, 0.6) is 5.88 Å². The number of fused-ring (bicyclic) bond motifs is 2. The summed E-state index contributed by atoms with van der Waals surface area (Å²) < 4.78 is 0. The molecule has 0 radical (unpaired) electrons. The van der Waals surface area contributed by atoms with Crippen LogP contribution in [0.2, 0.25) is 0 Å². The van der Waals surface area contributed by atoms with E-state index in [1.165, 1.54) is 5.56 Å². The highest BCUT2D eigenvalue weighted by Gasteiger charge is 2.27. The first-order valence-corrected chi connectivity index (χ1v) is 8.57. The summed E-state index contributed by atoms with van der Waals surface area (Å²) in [5, 5.41) is 17.4. The molecule has 128 valence electrons. The summed E-state index contributed by atoms with van der Waals surface area (Å²) in [6.07, 6.45) is 1.81. The standard InChI is InChI=1S/C21H23N3O/c1-21(2,3)14-10-8-13(9-11-14)19-18-17(12-22-20(18)25)23-15-6-4-5-7-16(15)24-19/h4-12,19,22-25H,1-3H3. The maximum absolute atomic E-state index is 10.4. The van der Waals surface area contributed by atoms with Crippen molar-refractivity contribution in [3.05, 3.63) is 71.4 Å². The van der Waals surface area contributed by atoms with Crippen LogP contribution in [0.3, 0.4) is 0 Å². The average molecular weight is 333 g/mol. The van der Waals surface area contributed by atoms with Gasteiger partial charge in [-0.15, -0.1) is 0 Å². The first-order valence-electron chi connectivity index (χ1n) is 8.57. The molecule has 1 atom stereocenters. The van der Waals surface area contributed by atoms with Crippen molar-refractivity contribution in [2.45, 2.75) is 32.2 Å². The summed E-state index contributed by atoms with van der Waals surface area (Å²) in [7, 11) is 0. The number of hydrogen-bond acceptors (Lipinski definition) is 3. The van der Waals surface area contributed by atoms with E-state index in [0.717, 1.165) is 28.2 Å². The molecule has 0 bridgehead atoms. The molecule has 0 amide bonds. The van der Waals surface area contributed by atoms with Gasteiger partial charge in [0.2, 0.25) is 0 Å². The summed E-state index contributed by atoms with van der Waals surface area (Å²) in [6, 6.07) is 16.6. The zero-order valence-electron chi connectivity index (χ0n) is 14.7. The van der Waals surface area contributed by atoms with Crippen LogP contribution < -0.4 is 10.6 Å². The molecule has 3 aromatic rings. The molecule has 0 saturated carbocycles. The van der Waals surface area contributed by atoms with Crippen LogP contribution in [0, 0.1) is 0 Å². The lowest BCUT2D eigenvalue weighted by molar-refractivity contribution is 0.449. The summed E-state index contributed by atoms with van der Waals surface area (Å²) in [6.45, 7) is 6.63. The Labute approximate surface area is 147 Å². The summed E-state index contributed by atoms with van der Waals surface area (Å²) in [5.74, 6) is 0.188. The Morgan fingerprint density at radius 1 is 0.880 bits per heavy atom. The number of benzene rings is 2. The molecule has 1 aliphatic rings. The zero-order valence-corrected chi connectivity index (χ0v) is 14.7. The van der Waals surface area contributed by atoms with Crippen LogP contribution in [0.4, 0.5) is 17.1 Å². The summed E-state index contributed by atoms with van der Waals surface area (Å²) in [4.78, 5) is 2.93. The second-order valence-corrected chi connectivity index (χ2v) is 7.58. The van der Waals surface area contributed by atoms with Gasteiger partial charge >= 0.3 is 0 Å². The van der Waals surface area contributed by atoms with Crippen LogP contribution in [-0.2, 0) is 5.41 Å². The molecule has 2 aromatic carbocycles. The Hall–Kier alpha value is -2.88. The highest BCUT2D eigenvalue weighted by Crippen LogP contribution is 2.43. The van der Waals surface area contributed by atoms with Gasteiger partial charge in [-0.3, -0.25) is 0 Å². The largest absolute Gasteiger partial charge is 0.494 e. The van der Waals surface area contributed by atoms with E-state index in [9.17, 15) is 5.11 Å². The van der Waals surface area contributed by atoms with Crippen molar-refractivity contribution in [3.8, 4) is 5.88 Å². The predicted octanol–water partition coefficient (Wildman–Crippen LogP) is 5.28. The normalized spacial score (nSPS) is 16.2. The van der Waals surface area contributed by atoms with E-state index in [2.05, 4.69) is 60.7 Å². The van der Waals surface area contributed by atoms with Crippen molar-refractivity contribution in [2.75, 3.05) is 10.6 Å². The van der Waals surface area contributed by atoms with E-state index < -0.39 is 0 Å². The van der Waals surface area contributed by atoms with Crippen molar-refractivity contribution in [3.63, 3.8) is 0 Å². The minimum absolute atomic E-state index is 0.116. The highest BCUT2D eigenvalue weighted by molar-refractivity contribution is 5.80. The molecular formula is C21H23N3O. The van der Waals surface area contributed by atoms with Crippen molar-refractivity contribution >= 4 is 17.1 Å².